The molecule has 0 atom stereocenters. The maximum atomic E-state index is 12.9. The second kappa shape index (κ2) is 9.26. The van der Waals surface area contributed by atoms with Gasteiger partial charge in [-0.1, -0.05) is 18.2 Å². The number of rotatable bonds is 8. The fraction of sp³-hybridized carbons (Fsp3) is 0.0500. The van der Waals surface area contributed by atoms with Gasteiger partial charge in [-0.05, 0) is 54.1 Å². The molecule has 0 aliphatic carbocycles. The number of non-ortho nitro benzene ring substituents is 1. The second-order valence-corrected chi connectivity index (χ2v) is 10.2. The average molecular weight is 475 g/mol. The minimum absolute atomic E-state index is 0.0886. The van der Waals surface area contributed by atoms with Gasteiger partial charge in [0.25, 0.3) is 5.69 Å². The summed E-state index contributed by atoms with van der Waals surface area (Å²) in [5.74, 6) is -0.475. The molecule has 0 unspecified atom stereocenters. The summed E-state index contributed by atoms with van der Waals surface area (Å²) in [7, 11) is -7.62. The molecule has 0 spiro atoms. The number of nitrogens with two attached hydrogens (primary N) is 1. The lowest BCUT2D eigenvalue weighted by molar-refractivity contribution is -0.384. The number of hydrazone groups is 1. The van der Waals surface area contributed by atoms with Crippen LogP contribution >= 0.6 is 0 Å². The van der Waals surface area contributed by atoms with Crippen molar-refractivity contribution in [1.29, 1.82) is 0 Å². The van der Waals surface area contributed by atoms with E-state index in [0.29, 0.717) is 11.3 Å². The summed E-state index contributed by atoms with van der Waals surface area (Å²) >= 11 is 0. The molecule has 10 nitrogen and oxygen atoms in total. The molecule has 0 aromatic heterocycles. The summed E-state index contributed by atoms with van der Waals surface area (Å²) in [4.78, 5) is 10.4. The van der Waals surface area contributed by atoms with E-state index in [4.69, 9.17) is 5.14 Å². The highest BCUT2D eigenvalue weighted by Gasteiger charge is 2.20. The molecule has 0 bridgehead atoms. The van der Waals surface area contributed by atoms with Crippen LogP contribution in [0.15, 0.2) is 93.8 Å². The lowest BCUT2D eigenvalue weighted by Gasteiger charge is -2.10. The van der Waals surface area contributed by atoms with Crippen LogP contribution in [0.25, 0.3) is 0 Å². The number of hydrogen-bond donors (Lipinski definition) is 2. The van der Waals surface area contributed by atoms with E-state index in [1.807, 2.05) is 0 Å². The quantitative estimate of drug-likeness (QED) is 0.288. The molecule has 0 fully saturated rings. The zero-order valence-electron chi connectivity index (χ0n) is 16.5. The molecule has 0 saturated heterocycles. The molecule has 0 radical (unpaired) electrons. The molecular formula is C20H18N4O6S2. The number of sulfonamides is 1. The van der Waals surface area contributed by atoms with Crippen LogP contribution in [0.3, 0.4) is 0 Å². The minimum Gasteiger partial charge on any atom is -0.278 e. The van der Waals surface area contributed by atoms with Crippen molar-refractivity contribution in [3.05, 3.63) is 94.5 Å². The molecular weight excluding hydrogens is 456 g/mol. The third kappa shape index (κ3) is 5.75. The van der Waals surface area contributed by atoms with E-state index in [0.717, 1.165) is 0 Å². The number of anilines is 1. The van der Waals surface area contributed by atoms with Crippen LogP contribution in [-0.2, 0) is 19.9 Å². The van der Waals surface area contributed by atoms with Gasteiger partial charge in [-0.25, -0.2) is 22.0 Å². The molecule has 0 saturated carbocycles. The second-order valence-electron chi connectivity index (χ2n) is 6.62. The normalized spacial score (nSPS) is 12.3. The number of nitrogens with zero attached hydrogens (tertiary/aromatic N) is 2. The number of nitro groups is 1. The average Bonchev–Trinajstić information content (AvgIpc) is 2.77. The molecule has 0 heterocycles. The van der Waals surface area contributed by atoms with Crippen molar-refractivity contribution < 1.29 is 21.8 Å². The summed E-state index contributed by atoms with van der Waals surface area (Å²) in [6, 6.07) is 18.5. The van der Waals surface area contributed by atoms with Gasteiger partial charge in [0.05, 0.1) is 31.9 Å². The third-order valence-electron chi connectivity index (χ3n) is 4.34. The van der Waals surface area contributed by atoms with Crippen molar-refractivity contribution in [3.63, 3.8) is 0 Å². The fourth-order valence-electron chi connectivity index (χ4n) is 2.70. The van der Waals surface area contributed by atoms with Crippen LogP contribution in [0.4, 0.5) is 11.4 Å². The standard InChI is InChI=1S/C20H18N4O6S2/c21-32(29,30)19-12-8-16(9-13-19)22-23-20(15-6-10-17(11-7-15)24(25)26)14-31(27,28)18-4-2-1-3-5-18/h1-13,22H,14H2,(H2,21,29,30)/b23-20+. The van der Waals surface area contributed by atoms with Crippen LogP contribution in [-0.4, -0.2) is 33.2 Å². The van der Waals surface area contributed by atoms with Crippen LogP contribution in [0.1, 0.15) is 5.56 Å². The third-order valence-corrected chi connectivity index (χ3v) is 6.92. The maximum Gasteiger partial charge on any atom is 0.269 e. The van der Waals surface area contributed by atoms with E-state index >= 15 is 0 Å². The SMILES string of the molecule is NS(=O)(=O)c1ccc(N/N=C(\CS(=O)(=O)c2ccccc2)c2ccc([N+](=O)[O-])cc2)cc1. The summed E-state index contributed by atoms with van der Waals surface area (Å²) in [5, 5.41) is 20.2. The molecule has 3 N–H and O–H groups in total. The first-order chi connectivity index (χ1) is 15.1. The molecule has 0 aliphatic rings. The number of nitrogens with one attached hydrogen (secondary N) is 1. The van der Waals surface area contributed by atoms with E-state index in [-0.39, 0.29) is 21.2 Å². The van der Waals surface area contributed by atoms with Gasteiger partial charge in [0.1, 0.15) is 0 Å². The molecule has 3 aromatic rings. The van der Waals surface area contributed by atoms with Gasteiger partial charge in [-0.2, -0.15) is 5.10 Å². The first-order valence-electron chi connectivity index (χ1n) is 9.04. The zero-order valence-corrected chi connectivity index (χ0v) is 18.1. The summed E-state index contributed by atoms with van der Waals surface area (Å²) in [5.41, 5.74) is 3.40. The van der Waals surface area contributed by atoms with Gasteiger partial charge >= 0.3 is 0 Å². The summed E-state index contributed by atoms with van der Waals surface area (Å²) < 4.78 is 48.5. The van der Waals surface area contributed by atoms with Gasteiger partial charge in [0, 0.05) is 12.1 Å². The van der Waals surface area contributed by atoms with E-state index in [1.54, 1.807) is 18.2 Å². The molecule has 32 heavy (non-hydrogen) atoms. The van der Waals surface area contributed by atoms with Crippen molar-refractivity contribution >= 4 is 36.9 Å². The van der Waals surface area contributed by atoms with Crippen molar-refractivity contribution in [2.45, 2.75) is 9.79 Å². The van der Waals surface area contributed by atoms with Crippen molar-refractivity contribution in [2.75, 3.05) is 11.2 Å². The highest BCUT2D eigenvalue weighted by molar-refractivity contribution is 7.92. The molecule has 3 rings (SSSR count). The highest BCUT2D eigenvalue weighted by Crippen LogP contribution is 2.18. The van der Waals surface area contributed by atoms with Crippen molar-refractivity contribution in [1.82, 2.24) is 0 Å². The smallest absolute Gasteiger partial charge is 0.269 e. The molecule has 0 amide bonds. The lowest BCUT2D eigenvalue weighted by Crippen LogP contribution is -2.19. The van der Waals surface area contributed by atoms with Crippen molar-refractivity contribution in [2.24, 2.45) is 10.2 Å². The Morgan fingerprint density at radius 1 is 0.875 bits per heavy atom. The molecule has 12 heteroatoms. The Balaban J connectivity index is 1.95. The number of nitro benzene ring substituents is 1. The van der Waals surface area contributed by atoms with Gasteiger partial charge in [0.15, 0.2) is 9.84 Å². The van der Waals surface area contributed by atoms with Crippen LogP contribution in [0.2, 0.25) is 0 Å². The van der Waals surface area contributed by atoms with E-state index in [9.17, 15) is 26.9 Å². The monoisotopic (exact) mass is 474 g/mol. The highest BCUT2D eigenvalue weighted by atomic mass is 32.2. The Hall–Kier alpha value is -3.61. The maximum absolute atomic E-state index is 12.9. The Morgan fingerprint density at radius 3 is 2.00 bits per heavy atom. The van der Waals surface area contributed by atoms with E-state index < -0.39 is 30.5 Å². The van der Waals surface area contributed by atoms with Gasteiger partial charge < -0.3 is 0 Å². The van der Waals surface area contributed by atoms with E-state index in [2.05, 4.69) is 10.5 Å². The Morgan fingerprint density at radius 2 is 1.47 bits per heavy atom. The van der Waals surface area contributed by atoms with Gasteiger partial charge in [-0.15, -0.1) is 0 Å². The Labute approximate surface area is 184 Å². The Kier molecular flexibility index (Phi) is 6.67. The summed E-state index contributed by atoms with van der Waals surface area (Å²) in [6.45, 7) is 0. The predicted molar refractivity (Wildman–Crippen MR) is 120 cm³/mol. The lowest BCUT2D eigenvalue weighted by atomic mass is 10.1. The fourth-order valence-corrected chi connectivity index (χ4v) is 4.54. The first kappa shape index (κ1) is 23.1. The number of sulfone groups is 1. The van der Waals surface area contributed by atoms with Crippen LogP contribution in [0.5, 0.6) is 0 Å². The van der Waals surface area contributed by atoms with Crippen molar-refractivity contribution in [3.8, 4) is 0 Å². The topological polar surface area (TPSA) is 162 Å². The molecule has 0 aliphatic heterocycles. The van der Waals surface area contributed by atoms with Crippen LogP contribution < -0.4 is 10.6 Å². The van der Waals surface area contributed by atoms with Crippen LogP contribution in [0, 0.1) is 10.1 Å². The first-order valence-corrected chi connectivity index (χ1v) is 12.2. The molecule has 166 valence electrons. The number of hydrogen-bond acceptors (Lipinski definition) is 8. The van der Waals surface area contributed by atoms with Gasteiger partial charge in [-0.3, -0.25) is 15.5 Å². The van der Waals surface area contributed by atoms with E-state index in [1.165, 1.54) is 60.7 Å². The number of benzene rings is 3. The predicted octanol–water partition coefficient (Wildman–Crippen LogP) is 2.53. The minimum atomic E-state index is -3.86. The Bertz CT molecular complexity index is 1350. The zero-order chi connectivity index (χ0) is 23.4. The summed E-state index contributed by atoms with van der Waals surface area (Å²) in [6.07, 6.45) is 0. The number of primary sulfonamides is 1. The molecule has 3 aromatic carbocycles. The van der Waals surface area contributed by atoms with Gasteiger partial charge in [0.2, 0.25) is 10.0 Å². The largest absolute Gasteiger partial charge is 0.278 e.